The summed E-state index contributed by atoms with van der Waals surface area (Å²) in [6, 6.07) is 5.68. The number of hydrogen-bond donors (Lipinski definition) is 2. The number of aliphatic imine (C=N–C) groups is 1. The van der Waals surface area contributed by atoms with Gasteiger partial charge in [-0.2, -0.15) is 5.26 Å². The van der Waals surface area contributed by atoms with Crippen LogP contribution in [0.2, 0.25) is 0 Å². The molecule has 0 aliphatic carbocycles. The maximum atomic E-state index is 14.9. The van der Waals surface area contributed by atoms with Gasteiger partial charge in [-0.1, -0.05) is 0 Å². The van der Waals surface area contributed by atoms with E-state index >= 15 is 0 Å². The van der Waals surface area contributed by atoms with Crippen molar-refractivity contribution >= 4 is 27.3 Å². The second-order valence-corrected chi connectivity index (χ2v) is 11.3. The largest absolute Gasteiger partial charge is 0.386 e. The summed E-state index contributed by atoms with van der Waals surface area (Å²) in [5, 5.41) is 11.5. The highest BCUT2D eigenvalue weighted by atomic mass is 32.2. The minimum atomic E-state index is -3.06. The molecule has 2 aromatic rings. The number of amidine groups is 1. The van der Waals surface area contributed by atoms with Crippen molar-refractivity contribution in [2.45, 2.75) is 37.0 Å². The van der Waals surface area contributed by atoms with Crippen LogP contribution in [0, 0.1) is 24.1 Å². The molecule has 12 heteroatoms. The fourth-order valence-corrected chi connectivity index (χ4v) is 7.15. The molecule has 4 heterocycles. The number of fused-ring (bicyclic) bond motifs is 1. The van der Waals surface area contributed by atoms with E-state index < -0.39 is 44.1 Å². The van der Waals surface area contributed by atoms with Crippen LogP contribution in [0.5, 0.6) is 0 Å². The van der Waals surface area contributed by atoms with Crippen molar-refractivity contribution in [1.82, 2.24) is 9.97 Å². The number of halogens is 2. The van der Waals surface area contributed by atoms with Crippen LogP contribution in [0.25, 0.3) is 0 Å². The zero-order chi connectivity index (χ0) is 24.7. The predicted molar refractivity (Wildman–Crippen MR) is 123 cm³/mol. The molecule has 3 N–H and O–H groups in total. The van der Waals surface area contributed by atoms with E-state index in [-0.39, 0.29) is 23.1 Å². The van der Waals surface area contributed by atoms with Crippen LogP contribution in [0.1, 0.15) is 47.1 Å². The number of carbonyl (C=O) groups is 1. The monoisotopic (exact) mass is 487 g/mol. The summed E-state index contributed by atoms with van der Waals surface area (Å²) >= 11 is 0. The van der Waals surface area contributed by atoms with Crippen molar-refractivity contribution in [3.8, 4) is 6.07 Å². The molecular weight excluding hydrogens is 464 g/mol. The van der Waals surface area contributed by atoms with E-state index in [9.17, 15) is 17.8 Å². The number of nitrogens with one attached hydrogen (secondary N) is 1. The Hall–Kier alpha value is -3.46. The molecule has 2 aliphatic heterocycles. The Balaban J connectivity index is 1.74. The second kappa shape index (κ2) is 8.39. The van der Waals surface area contributed by atoms with Gasteiger partial charge in [0, 0.05) is 12.7 Å². The van der Waals surface area contributed by atoms with Gasteiger partial charge in [-0.15, -0.1) is 0 Å². The van der Waals surface area contributed by atoms with E-state index in [0.29, 0.717) is 30.5 Å². The van der Waals surface area contributed by atoms with E-state index in [1.807, 2.05) is 6.07 Å². The van der Waals surface area contributed by atoms with Gasteiger partial charge in [0.1, 0.15) is 51.9 Å². The number of carbonyl (C=O) groups excluding carboxylic acids is 1. The van der Waals surface area contributed by atoms with Gasteiger partial charge < -0.3 is 11.1 Å². The minimum Gasteiger partial charge on any atom is -0.386 e. The first-order chi connectivity index (χ1) is 16.1. The Morgan fingerprint density at radius 2 is 2.18 bits per heavy atom. The Labute approximate surface area is 195 Å². The first-order valence-corrected chi connectivity index (χ1v) is 12.2. The van der Waals surface area contributed by atoms with Gasteiger partial charge in [0.2, 0.25) is 0 Å². The van der Waals surface area contributed by atoms with Crippen LogP contribution in [-0.2, 0) is 15.3 Å². The summed E-state index contributed by atoms with van der Waals surface area (Å²) < 4.78 is 46.5. The van der Waals surface area contributed by atoms with E-state index in [0.717, 1.165) is 6.07 Å². The molecule has 0 saturated heterocycles. The third-order valence-electron chi connectivity index (χ3n) is 6.30. The van der Waals surface area contributed by atoms with Crippen molar-refractivity contribution in [3.63, 3.8) is 0 Å². The molecule has 9 nitrogen and oxygen atoms in total. The zero-order valence-electron chi connectivity index (χ0n) is 18.6. The molecule has 2 aromatic heterocycles. The topological polar surface area (TPSA) is 146 Å². The molecule has 0 fully saturated rings. The number of alkyl halides is 1. The molecule has 2 aliphatic rings. The number of pyridine rings is 2. The first-order valence-electron chi connectivity index (χ1n) is 10.5. The highest BCUT2D eigenvalue weighted by Crippen LogP contribution is 2.42. The minimum absolute atomic E-state index is 0.0436. The molecule has 0 radical (unpaired) electrons. The van der Waals surface area contributed by atoms with Crippen LogP contribution in [0.4, 0.5) is 14.6 Å². The Morgan fingerprint density at radius 1 is 1.41 bits per heavy atom. The summed E-state index contributed by atoms with van der Waals surface area (Å²) in [4.78, 5) is 25.1. The number of amides is 1. The van der Waals surface area contributed by atoms with Gasteiger partial charge in [-0.05, 0) is 50.5 Å². The van der Waals surface area contributed by atoms with E-state index in [1.54, 1.807) is 13.8 Å². The maximum absolute atomic E-state index is 14.9. The van der Waals surface area contributed by atoms with Gasteiger partial charge in [-0.3, -0.25) is 9.79 Å². The van der Waals surface area contributed by atoms with Crippen molar-refractivity contribution in [2.75, 3.05) is 24.3 Å². The predicted octanol–water partition coefficient (Wildman–Crippen LogP) is 2.60. The molecule has 0 aromatic carbocycles. The fourth-order valence-electron chi connectivity index (χ4n) is 4.27. The highest BCUT2D eigenvalue weighted by Gasteiger charge is 2.54. The average molecular weight is 488 g/mol. The molecule has 34 heavy (non-hydrogen) atoms. The molecule has 178 valence electrons. The van der Waals surface area contributed by atoms with Crippen LogP contribution in [0.3, 0.4) is 0 Å². The first kappa shape index (κ1) is 23.7. The van der Waals surface area contributed by atoms with E-state index in [1.165, 1.54) is 18.3 Å². The fraction of sp³-hybridized carbons (Fsp3) is 0.409. The number of aromatic nitrogens is 2. The lowest BCUT2D eigenvalue weighted by Crippen LogP contribution is -2.59. The summed E-state index contributed by atoms with van der Waals surface area (Å²) in [5.41, 5.74) is 4.63. The number of nitrogens with zero attached hydrogens (tertiary/aromatic N) is 5. The third-order valence-corrected chi connectivity index (χ3v) is 9.59. The highest BCUT2D eigenvalue weighted by molar-refractivity contribution is 7.95. The van der Waals surface area contributed by atoms with Crippen molar-refractivity contribution in [3.05, 3.63) is 52.7 Å². The van der Waals surface area contributed by atoms with E-state index in [4.69, 9.17) is 11.0 Å². The maximum Gasteiger partial charge on any atom is 0.275 e. The lowest BCUT2D eigenvalue weighted by molar-refractivity contribution is 0.102. The molecule has 4 rings (SSSR count). The van der Waals surface area contributed by atoms with Crippen LogP contribution >= 0.6 is 0 Å². The number of hydrogen-bond acceptors (Lipinski definition) is 8. The number of nitrogens with two attached hydrogens (primary N) is 1. The lowest BCUT2D eigenvalue weighted by Gasteiger charge is -2.44. The molecular formula is C22H23F2N7O2S. The molecule has 0 spiro atoms. The Morgan fingerprint density at radius 3 is 2.85 bits per heavy atom. The van der Waals surface area contributed by atoms with Crippen molar-refractivity contribution in [2.24, 2.45) is 15.1 Å². The smallest absolute Gasteiger partial charge is 0.275 e. The molecule has 0 saturated carbocycles. The molecule has 1 unspecified atom stereocenters. The lowest BCUT2D eigenvalue weighted by atomic mass is 9.95. The Bertz CT molecular complexity index is 1380. The molecule has 1 amide bonds. The van der Waals surface area contributed by atoms with Gasteiger partial charge in [0.05, 0.1) is 21.0 Å². The SMILES string of the molecule is Cc1cc(C#N)cnc1C(=O)Nc1ccc(F)c([C@]2(CF)CS3(=O)=NCCC[C@@]3(C)C(N)=N2)n1. The second-order valence-electron chi connectivity index (χ2n) is 8.62. The number of anilines is 1. The van der Waals surface area contributed by atoms with E-state index in [2.05, 4.69) is 24.6 Å². The number of nitriles is 1. The van der Waals surface area contributed by atoms with Gasteiger partial charge in [0.15, 0.2) is 0 Å². The summed E-state index contributed by atoms with van der Waals surface area (Å²) in [7, 11) is -3.06. The third kappa shape index (κ3) is 3.69. The number of rotatable bonds is 4. The van der Waals surface area contributed by atoms with Crippen LogP contribution < -0.4 is 11.1 Å². The summed E-state index contributed by atoms with van der Waals surface area (Å²) in [5.74, 6) is -2.00. The number of aryl methyl sites for hydroxylation is 1. The van der Waals surface area contributed by atoms with Crippen molar-refractivity contribution in [1.29, 1.82) is 5.26 Å². The standard InChI is InChI=1S/C22H23F2N7O2S/c1-13-8-14(9-25)10-27-17(13)19(32)30-16-5-4-15(24)18(29-16)22(11-23)12-34(33)21(2,20(26)31-22)6-3-7-28-34/h4-5,8,10H,3,6-7,11-12H2,1-2H3,(H2,26,31)(H,29,30,32)/t21-,22-,34?/m0/s1. The Kier molecular flexibility index (Phi) is 5.85. The summed E-state index contributed by atoms with van der Waals surface area (Å²) in [6.07, 6.45) is 2.41. The quantitative estimate of drug-likeness (QED) is 0.678. The summed E-state index contributed by atoms with van der Waals surface area (Å²) in [6.45, 7) is 2.44. The molecule has 0 bridgehead atoms. The van der Waals surface area contributed by atoms with Crippen molar-refractivity contribution < 1.29 is 17.8 Å². The molecule has 3 atom stereocenters. The van der Waals surface area contributed by atoms with Gasteiger partial charge >= 0.3 is 0 Å². The van der Waals surface area contributed by atoms with Crippen LogP contribution in [-0.4, -0.2) is 49.6 Å². The van der Waals surface area contributed by atoms with Crippen LogP contribution in [0.15, 0.2) is 33.8 Å². The zero-order valence-corrected chi connectivity index (χ0v) is 19.5. The normalized spacial score (nSPS) is 28.1. The average Bonchev–Trinajstić information content (AvgIpc) is 2.81. The van der Waals surface area contributed by atoms with Gasteiger partial charge in [0.25, 0.3) is 5.91 Å². The van der Waals surface area contributed by atoms with Gasteiger partial charge in [-0.25, -0.2) is 27.3 Å².